The number of nitrogens with one attached hydrogen (secondary N) is 2. The van der Waals surface area contributed by atoms with Crippen LogP contribution in [0.15, 0.2) is 30.5 Å². The average molecular weight is 393 g/mol. The molecule has 1 aliphatic heterocycles. The molecule has 1 aromatic heterocycles. The molecule has 8 nitrogen and oxygen atoms in total. The largest absolute Gasteiger partial charge is 0.480 e. The van der Waals surface area contributed by atoms with Gasteiger partial charge in [-0.3, -0.25) is 9.48 Å². The number of carbonyl (C=O) groups is 2. The second kappa shape index (κ2) is 8.88. The van der Waals surface area contributed by atoms with E-state index in [9.17, 15) is 9.59 Å². The van der Waals surface area contributed by atoms with Gasteiger partial charge in [0.05, 0.1) is 18.2 Å². The normalized spacial score (nSPS) is 16.6. The lowest BCUT2D eigenvalue weighted by Gasteiger charge is -2.22. The van der Waals surface area contributed by atoms with E-state index in [4.69, 9.17) is 16.3 Å². The number of benzene rings is 1. The van der Waals surface area contributed by atoms with Crippen LogP contribution in [0.4, 0.5) is 5.69 Å². The molecule has 0 saturated carbocycles. The highest BCUT2D eigenvalue weighted by molar-refractivity contribution is 6.32. The Morgan fingerprint density at radius 1 is 1.41 bits per heavy atom. The Kier molecular flexibility index (Phi) is 6.31. The van der Waals surface area contributed by atoms with E-state index < -0.39 is 5.97 Å². The summed E-state index contributed by atoms with van der Waals surface area (Å²) >= 11 is 6.14. The smallest absolute Gasteiger partial charge is 0.343 e. The molecule has 0 spiro atoms. The van der Waals surface area contributed by atoms with Crippen molar-refractivity contribution in [2.45, 2.75) is 18.9 Å². The van der Waals surface area contributed by atoms with Crippen LogP contribution in [0.2, 0.25) is 5.02 Å². The summed E-state index contributed by atoms with van der Waals surface area (Å²) < 4.78 is 11.6. The quantitative estimate of drug-likeness (QED) is 0.732. The van der Waals surface area contributed by atoms with Crippen LogP contribution in [0, 0.1) is 0 Å². The highest BCUT2D eigenvalue weighted by Crippen LogP contribution is 2.28. The molecule has 0 radical (unpaired) electrons. The number of hydrogen-bond donors (Lipinski definition) is 2. The summed E-state index contributed by atoms with van der Waals surface area (Å²) in [4.78, 5) is 23.5. The first kappa shape index (κ1) is 19.2. The van der Waals surface area contributed by atoms with Gasteiger partial charge in [-0.2, -0.15) is 5.10 Å². The van der Waals surface area contributed by atoms with Crippen molar-refractivity contribution in [3.8, 4) is 5.75 Å². The summed E-state index contributed by atoms with van der Waals surface area (Å²) in [5.74, 6) is -0.502. The monoisotopic (exact) mass is 392 g/mol. The molecule has 0 bridgehead atoms. The molecule has 3 rings (SSSR count). The van der Waals surface area contributed by atoms with E-state index >= 15 is 0 Å². The van der Waals surface area contributed by atoms with Gasteiger partial charge in [-0.05, 0) is 43.7 Å². The Bertz CT molecular complexity index is 817. The van der Waals surface area contributed by atoms with Crippen LogP contribution in [0.3, 0.4) is 0 Å². The van der Waals surface area contributed by atoms with E-state index in [1.54, 1.807) is 24.3 Å². The topological polar surface area (TPSA) is 94.5 Å². The van der Waals surface area contributed by atoms with Crippen LogP contribution >= 0.6 is 11.6 Å². The van der Waals surface area contributed by atoms with Crippen molar-refractivity contribution >= 4 is 29.2 Å². The van der Waals surface area contributed by atoms with Crippen molar-refractivity contribution in [3.05, 3.63) is 41.2 Å². The molecule has 27 heavy (non-hydrogen) atoms. The number of ether oxygens (including phenoxy) is 2. The Labute approximate surface area is 161 Å². The van der Waals surface area contributed by atoms with Crippen molar-refractivity contribution in [2.75, 3.05) is 32.1 Å². The Morgan fingerprint density at radius 2 is 2.26 bits per heavy atom. The van der Waals surface area contributed by atoms with Gasteiger partial charge in [0, 0.05) is 18.4 Å². The van der Waals surface area contributed by atoms with Crippen molar-refractivity contribution in [1.82, 2.24) is 15.1 Å². The number of esters is 1. The molecule has 1 amide bonds. The van der Waals surface area contributed by atoms with Crippen LogP contribution in [-0.4, -0.2) is 48.5 Å². The third-order valence-electron chi connectivity index (χ3n) is 4.25. The number of piperidine rings is 1. The third kappa shape index (κ3) is 4.99. The molecule has 1 unspecified atom stereocenters. The fourth-order valence-corrected chi connectivity index (χ4v) is 3.04. The van der Waals surface area contributed by atoms with Crippen molar-refractivity contribution in [2.24, 2.45) is 0 Å². The summed E-state index contributed by atoms with van der Waals surface area (Å²) in [7, 11) is 1.28. The molecule has 2 N–H and O–H groups in total. The number of anilines is 1. The zero-order chi connectivity index (χ0) is 19.2. The summed E-state index contributed by atoms with van der Waals surface area (Å²) in [5, 5.41) is 10.7. The fraction of sp³-hybridized carbons (Fsp3) is 0.389. The summed E-state index contributed by atoms with van der Waals surface area (Å²) in [6.45, 7) is 1.63. The molecule has 9 heteroatoms. The fourth-order valence-electron chi connectivity index (χ4n) is 2.81. The van der Waals surface area contributed by atoms with E-state index in [0.29, 0.717) is 17.1 Å². The molecule has 1 atom stereocenters. The maximum Gasteiger partial charge on any atom is 0.343 e. The Morgan fingerprint density at radius 3 is 2.96 bits per heavy atom. The molecule has 144 valence electrons. The molecule has 1 fully saturated rings. The van der Waals surface area contributed by atoms with Crippen molar-refractivity contribution in [1.29, 1.82) is 0 Å². The molecule has 2 aromatic rings. The number of methoxy groups -OCH3 is 1. The number of hydrogen-bond acceptors (Lipinski definition) is 6. The van der Waals surface area contributed by atoms with Crippen molar-refractivity contribution in [3.63, 3.8) is 0 Å². The molecular weight excluding hydrogens is 372 g/mol. The van der Waals surface area contributed by atoms with E-state index in [-0.39, 0.29) is 23.6 Å². The molecule has 1 aromatic carbocycles. The Balaban J connectivity index is 1.61. The molecule has 2 heterocycles. The maximum absolute atomic E-state index is 12.4. The second-order valence-corrected chi connectivity index (χ2v) is 6.55. The number of aromatic nitrogens is 2. The number of amides is 1. The van der Waals surface area contributed by atoms with Gasteiger partial charge in [-0.25, -0.2) is 4.79 Å². The second-order valence-electron chi connectivity index (χ2n) is 6.15. The molecule has 0 aliphatic carbocycles. The van der Waals surface area contributed by atoms with Gasteiger partial charge in [-0.1, -0.05) is 11.6 Å². The number of nitrogens with zero attached hydrogens (tertiary/aromatic N) is 2. The van der Waals surface area contributed by atoms with E-state index in [1.807, 2.05) is 10.9 Å². The molecular formula is C18H21ClN4O4. The standard InChI is InChI=1S/C18H21ClN4O4/c1-26-17(24)11-27-16-5-4-12(9-14(16)19)21-18(25)15-6-8-23(22-15)13-3-2-7-20-10-13/h4-6,8-9,13,20H,2-3,7,10-11H2,1H3,(H,21,25). The van der Waals surface area contributed by atoms with Gasteiger partial charge in [0.25, 0.3) is 5.91 Å². The maximum atomic E-state index is 12.4. The number of rotatable bonds is 6. The zero-order valence-corrected chi connectivity index (χ0v) is 15.7. The average Bonchev–Trinajstić information content (AvgIpc) is 3.18. The SMILES string of the molecule is COC(=O)COc1ccc(NC(=O)c2ccn(C3CCCNC3)n2)cc1Cl. The van der Waals surface area contributed by atoms with Crippen LogP contribution in [-0.2, 0) is 9.53 Å². The van der Waals surface area contributed by atoms with Gasteiger partial charge >= 0.3 is 5.97 Å². The minimum absolute atomic E-state index is 0.241. The van der Waals surface area contributed by atoms with Crippen LogP contribution in [0.25, 0.3) is 0 Å². The van der Waals surface area contributed by atoms with E-state index in [2.05, 4.69) is 20.5 Å². The van der Waals surface area contributed by atoms with E-state index in [1.165, 1.54) is 7.11 Å². The summed E-state index contributed by atoms with van der Waals surface area (Å²) in [5.41, 5.74) is 0.840. The van der Waals surface area contributed by atoms with Gasteiger partial charge in [0.15, 0.2) is 12.3 Å². The molecule has 1 aliphatic rings. The first-order valence-electron chi connectivity index (χ1n) is 8.63. The number of halogens is 1. The van der Waals surface area contributed by atoms with E-state index in [0.717, 1.165) is 25.9 Å². The lowest BCUT2D eigenvalue weighted by Crippen LogP contribution is -2.32. The first-order valence-corrected chi connectivity index (χ1v) is 9.01. The minimum Gasteiger partial charge on any atom is -0.480 e. The predicted molar refractivity (Wildman–Crippen MR) is 100 cm³/mol. The highest BCUT2D eigenvalue weighted by atomic mass is 35.5. The summed E-state index contributed by atoms with van der Waals surface area (Å²) in [6, 6.07) is 6.72. The first-order chi connectivity index (χ1) is 13.1. The Hall–Kier alpha value is -2.58. The third-order valence-corrected chi connectivity index (χ3v) is 4.54. The highest BCUT2D eigenvalue weighted by Gasteiger charge is 2.18. The van der Waals surface area contributed by atoms with Crippen molar-refractivity contribution < 1.29 is 19.1 Å². The minimum atomic E-state index is -0.507. The van der Waals surface area contributed by atoms with Gasteiger partial charge < -0.3 is 20.1 Å². The predicted octanol–water partition coefficient (Wildman–Crippen LogP) is 2.27. The molecule has 1 saturated heterocycles. The van der Waals surface area contributed by atoms with Gasteiger partial charge in [0.2, 0.25) is 0 Å². The van der Waals surface area contributed by atoms with Crippen LogP contribution in [0.1, 0.15) is 29.4 Å². The van der Waals surface area contributed by atoms with Crippen LogP contribution < -0.4 is 15.4 Å². The lowest BCUT2D eigenvalue weighted by atomic mass is 10.1. The van der Waals surface area contributed by atoms with Crippen LogP contribution in [0.5, 0.6) is 5.75 Å². The zero-order valence-electron chi connectivity index (χ0n) is 14.9. The summed E-state index contributed by atoms with van der Waals surface area (Å²) in [6.07, 6.45) is 3.96. The van der Waals surface area contributed by atoms with Gasteiger partial charge in [-0.15, -0.1) is 0 Å². The lowest BCUT2D eigenvalue weighted by molar-refractivity contribution is -0.142. The van der Waals surface area contributed by atoms with Gasteiger partial charge in [0.1, 0.15) is 5.75 Å². The number of carbonyl (C=O) groups excluding carboxylic acids is 2.